The van der Waals surface area contributed by atoms with Crippen molar-refractivity contribution in [2.45, 2.75) is 11.3 Å². The number of carbonyl (C=O) groups excluding carboxylic acids is 1. The zero-order chi connectivity index (χ0) is 19.2. The van der Waals surface area contributed by atoms with Crippen LogP contribution in [0, 0.1) is 0 Å². The predicted octanol–water partition coefficient (Wildman–Crippen LogP) is 4.41. The number of ether oxygens (including phenoxy) is 1. The smallest absolute Gasteiger partial charge is 0.250 e. The molecule has 6 nitrogen and oxygen atoms in total. The number of aromatic hydroxyl groups is 1. The van der Waals surface area contributed by atoms with Crippen LogP contribution in [-0.2, 0) is 4.79 Å². The fourth-order valence-corrected chi connectivity index (χ4v) is 4.51. The van der Waals surface area contributed by atoms with Gasteiger partial charge in [-0.1, -0.05) is 23.9 Å². The normalized spacial score (nSPS) is 11.2. The molecule has 3 aromatic rings. The molecule has 0 fully saturated rings. The van der Waals surface area contributed by atoms with Gasteiger partial charge in [0.25, 0.3) is 5.91 Å². The lowest BCUT2D eigenvalue weighted by molar-refractivity contribution is -0.118. The van der Waals surface area contributed by atoms with E-state index in [1.165, 1.54) is 18.0 Å². The Balaban J connectivity index is 1.55. The first kappa shape index (κ1) is 19.7. The van der Waals surface area contributed by atoms with E-state index >= 15 is 0 Å². The highest BCUT2D eigenvalue weighted by Gasteiger charge is 2.09. The van der Waals surface area contributed by atoms with Crippen LogP contribution in [0.1, 0.15) is 12.5 Å². The number of hydrogen-bond acceptors (Lipinski definition) is 7. The van der Waals surface area contributed by atoms with Crippen LogP contribution in [0.2, 0.25) is 0 Å². The zero-order valence-electron chi connectivity index (χ0n) is 14.3. The molecule has 1 aromatic heterocycles. The van der Waals surface area contributed by atoms with Crippen molar-refractivity contribution in [3.05, 3.63) is 46.4 Å². The van der Waals surface area contributed by atoms with Crippen molar-refractivity contribution in [3.63, 3.8) is 0 Å². The highest BCUT2D eigenvalue weighted by Crippen LogP contribution is 2.35. The highest BCUT2D eigenvalue weighted by atomic mass is 79.9. The third kappa shape index (κ3) is 5.21. The maximum atomic E-state index is 12.0. The van der Waals surface area contributed by atoms with Crippen molar-refractivity contribution in [2.75, 3.05) is 12.4 Å². The number of thioether (sulfide) groups is 1. The van der Waals surface area contributed by atoms with Gasteiger partial charge in [0.15, 0.2) is 15.8 Å². The van der Waals surface area contributed by atoms with Gasteiger partial charge in [-0.2, -0.15) is 5.10 Å². The molecule has 9 heteroatoms. The number of halogens is 1. The summed E-state index contributed by atoms with van der Waals surface area (Å²) >= 11 is 6.20. The van der Waals surface area contributed by atoms with E-state index in [0.717, 1.165) is 14.6 Å². The number of amides is 1. The summed E-state index contributed by atoms with van der Waals surface area (Å²) in [5, 5.41) is 13.9. The first-order chi connectivity index (χ1) is 13.1. The summed E-state index contributed by atoms with van der Waals surface area (Å²) < 4.78 is 7.80. The molecule has 27 heavy (non-hydrogen) atoms. The standard InChI is InChI=1S/C18H16BrN3O3S2/c1-2-25-14-8-11(7-12(19)17(14)24)9-20-22-16(23)10-26-18-21-13-5-3-4-6-15(13)27-18/h3-9,24H,2,10H2,1H3,(H,22,23). The van der Waals surface area contributed by atoms with Crippen molar-refractivity contribution in [2.24, 2.45) is 5.10 Å². The number of benzene rings is 2. The molecule has 1 amide bonds. The number of aromatic nitrogens is 1. The van der Waals surface area contributed by atoms with Crippen molar-refractivity contribution in [1.29, 1.82) is 0 Å². The molecule has 0 aliphatic heterocycles. The average molecular weight is 466 g/mol. The van der Waals surface area contributed by atoms with Gasteiger partial charge in [-0.3, -0.25) is 4.79 Å². The van der Waals surface area contributed by atoms with Crippen LogP contribution in [0.3, 0.4) is 0 Å². The molecule has 0 unspecified atom stereocenters. The molecular formula is C18H16BrN3O3S2. The summed E-state index contributed by atoms with van der Waals surface area (Å²) in [4.78, 5) is 16.4. The van der Waals surface area contributed by atoms with E-state index in [4.69, 9.17) is 4.74 Å². The summed E-state index contributed by atoms with van der Waals surface area (Å²) in [5.41, 5.74) is 4.11. The second-order valence-corrected chi connectivity index (χ2v) is 8.42. The lowest BCUT2D eigenvalue weighted by Gasteiger charge is -2.08. The van der Waals surface area contributed by atoms with E-state index < -0.39 is 0 Å². The molecule has 2 aromatic carbocycles. The number of hydrazone groups is 1. The fraction of sp³-hybridized carbons (Fsp3) is 0.167. The SMILES string of the molecule is CCOc1cc(C=NNC(=O)CSc2nc3ccccc3s2)cc(Br)c1O. The number of hydrogen-bond donors (Lipinski definition) is 2. The first-order valence-electron chi connectivity index (χ1n) is 8.02. The number of fused-ring (bicyclic) bond motifs is 1. The molecule has 0 saturated heterocycles. The van der Waals surface area contributed by atoms with Crippen LogP contribution >= 0.6 is 39.0 Å². The molecule has 0 radical (unpaired) electrons. The largest absolute Gasteiger partial charge is 0.503 e. The molecule has 0 aliphatic carbocycles. The minimum absolute atomic E-state index is 0.0327. The topological polar surface area (TPSA) is 83.8 Å². The van der Waals surface area contributed by atoms with Gasteiger partial charge in [-0.15, -0.1) is 11.3 Å². The van der Waals surface area contributed by atoms with Gasteiger partial charge in [-0.25, -0.2) is 10.4 Å². The Hall–Kier alpha value is -2.10. The number of rotatable bonds is 7. The number of para-hydroxylation sites is 1. The monoisotopic (exact) mass is 465 g/mol. The molecule has 1 heterocycles. The van der Waals surface area contributed by atoms with Gasteiger partial charge >= 0.3 is 0 Å². The van der Waals surface area contributed by atoms with Crippen LogP contribution in [0.15, 0.2) is 50.3 Å². The highest BCUT2D eigenvalue weighted by molar-refractivity contribution is 9.10. The molecule has 0 bridgehead atoms. The van der Waals surface area contributed by atoms with Gasteiger partial charge in [-0.05, 0) is 52.7 Å². The number of carbonyl (C=O) groups is 1. The van der Waals surface area contributed by atoms with Gasteiger partial charge in [0.2, 0.25) is 0 Å². The van der Waals surface area contributed by atoms with E-state index in [9.17, 15) is 9.90 Å². The molecule has 2 N–H and O–H groups in total. The van der Waals surface area contributed by atoms with Crippen LogP contribution in [-0.4, -0.2) is 34.6 Å². The lowest BCUT2D eigenvalue weighted by Crippen LogP contribution is -2.19. The number of nitrogens with one attached hydrogen (secondary N) is 1. The van der Waals surface area contributed by atoms with Gasteiger partial charge in [0, 0.05) is 0 Å². The summed E-state index contributed by atoms with van der Waals surface area (Å²) in [6.45, 7) is 2.26. The molecular weight excluding hydrogens is 450 g/mol. The number of nitrogens with zero attached hydrogens (tertiary/aromatic N) is 2. The van der Waals surface area contributed by atoms with Crippen LogP contribution in [0.5, 0.6) is 11.5 Å². The molecule has 0 aliphatic rings. The average Bonchev–Trinajstić information content (AvgIpc) is 3.07. The minimum Gasteiger partial charge on any atom is -0.503 e. The van der Waals surface area contributed by atoms with E-state index in [1.54, 1.807) is 23.5 Å². The summed E-state index contributed by atoms with van der Waals surface area (Å²) in [6.07, 6.45) is 1.49. The molecule has 0 spiro atoms. The molecule has 3 rings (SSSR count). The molecule has 140 valence electrons. The number of thiazole rings is 1. The quantitative estimate of drug-likeness (QED) is 0.306. The maximum absolute atomic E-state index is 12.0. The van der Waals surface area contributed by atoms with Gasteiger partial charge in [0.05, 0.1) is 33.3 Å². The van der Waals surface area contributed by atoms with E-state index in [2.05, 4.69) is 31.4 Å². The predicted molar refractivity (Wildman–Crippen MR) is 113 cm³/mol. The zero-order valence-corrected chi connectivity index (χ0v) is 17.5. The fourth-order valence-electron chi connectivity index (χ4n) is 2.19. The van der Waals surface area contributed by atoms with Crippen molar-refractivity contribution >= 4 is 61.4 Å². The number of phenols is 1. The molecule has 0 saturated carbocycles. The lowest BCUT2D eigenvalue weighted by atomic mass is 10.2. The summed E-state index contributed by atoms with van der Waals surface area (Å²) in [7, 11) is 0. The van der Waals surface area contributed by atoms with Gasteiger partial charge in [0.1, 0.15) is 0 Å². The maximum Gasteiger partial charge on any atom is 0.250 e. The first-order valence-corrected chi connectivity index (χ1v) is 10.6. The van der Waals surface area contributed by atoms with Crippen molar-refractivity contribution < 1.29 is 14.6 Å². The second kappa shape index (κ2) is 9.20. The Kier molecular flexibility index (Phi) is 6.70. The van der Waals surface area contributed by atoms with E-state index in [0.29, 0.717) is 22.4 Å². The van der Waals surface area contributed by atoms with E-state index in [-0.39, 0.29) is 17.4 Å². The second-order valence-electron chi connectivity index (χ2n) is 5.31. The Morgan fingerprint density at radius 3 is 3.04 bits per heavy atom. The third-order valence-corrected chi connectivity index (χ3v) is 6.14. The van der Waals surface area contributed by atoms with Crippen LogP contribution in [0.25, 0.3) is 10.2 Å². The van der Waals surface area contributed by atoms with Crippen molar-refractivity contribution in [1.82, 2.24) is 10.4 Å². The van der Waals surface area contributed by atoms with Crippen molar-refractivity contribution in [3.8, 4) is 11.5 Å². The Labute approximate surface area is 172 Å². The number of phenolic OH excluding ortho intramolecular Hbond substituents is 1. The Morgan fingerprint density at radius 2 is 2.26 bits per heavy atom. The third-order valence-electron chi connectivity index (χ3n) is 3.35. The summed E-state index contributed by atoms with van der Waals surface area (Å²) in [5.74, 6) is 0.385. The summed E-state index contributed by atoms with van der Waals surface area (Å²) in [6, 6.07) is 11.2. The van der Waals surface area contributed by atoms with Gasteiger partial charge < -0.3 is 9.84 Å². The van der Waals surface area contributed by atoms with Crippen LogP contribution in [0.4, 0.5) is 0 Å². The minimum atomic E-state index is -0.224. The Morgan fingerprint density at radius 1 is 1.44 bits per heavy atom. The molecule has 0 atom stereocenters. The van der Waals surface area contributed by atoms with E-state index in [1.807, 2.05) is 31.2 Å². The van der Waals surface area contributed by atoms with Crippen LogP contribution < -0.4 is 10.2 Å². The Bertz CT molecular complexity index is 958.